The highest BCUT2D eigenvalue weighted by atomic mass is 35.5. The number of pyridine rings is 1. The van der Waals surface area contributed by atoms with Gasteiger partial charge < -0.3 is 10.4 Å². The summed E-state index contributed by atoms with van der Waals surface area (Å²) in [7, 11) is 0. The third kappa shape index (κ3) is 4.81. The van der Waals surface area contributed by atoms with E-state index in [2.05, 4.69) is 25.3 Å². The molecule has 1 amide bonds. The van der Waals surface area contributed by atoms with Crippen molar-refractivity contribution in [3.63, 3.8) is 0 Å². The minimum absolute atomic E-state index is 0.0467. The van der Waals surface area contributed by atoms with Gasteiger partial charge in [0.2, 0.25) is 0 Å². The third-order valence-corrected chi connectivity index (χ3v) is 5.78. The average Bonchev–Trinajstić information content (AvgIpc) is 2.80. The van der Waals surface area contributed by atoms with E-state index in [0.29, 0.717) is 38.0 Å². The fraction of sp³-hybridized carbons (Fsp3) is 0.182. The van der Waals surface area contributed by atoms with Crippen molar-refractivity contribution in [2.75, 3.05) is 12.8 Å². The van der Waals surface area contributed by atoms with Crippen molar-refractivity contribution in [3.8, 4) is 22.4 Å². The second-order valence-corrected chi connectivity index (χ2v) is 8.30. The Hall–Kier alpha value is -3.50. The summed E-state index contributed by atoms with van der Waals surface area (Å²) >= 11 is 7.95. The van der Waals surface area contributed by atoms with Gasteiger partial charge >= 0.3 is 6.09 Å². The van der Waals surface area contributed by atoms with Crippen molar-refractivity contribution in [3.05, 3.63) is 63.9 Å². The molecule has 0 unspecified atom stereocenters. The van der Waals surface area contributed by atoms with Crippen LogP contribution in [0.25, 0.3) is 33.4 Å². The molecule has 3 aromatic heterocycles. The molecule has 4 aromatic rings. The van der Waals surface area contributed by atoms with Crippen molar-refractivity contribution in [1.29, 1.82) is 0 Å². The fourth-order valence-electron chi connectivity index (χ4n) is 3.41. The van der Waals surface area contributed by atoms with Crippen LogP contribution in [0, 0.1) is 6.92 Å². The number of nitrogens with one attached hydrogen (secondary N) is 1. The first-order valence-electron chi connectivity index (χ1n) is 9.87. The molecule has 0 aliphatic carbocycles. The number of amides is 1. The van der Waals surface area contributed by atoms with Crippen molar-refractivity contribution < 1.29 is 9.90 Å². The van der Waals surface area contributed by atoms with Crippen LogP contribution in [0.3, 0.4) is 0 Å². The maximum absolute atomic E-state index is 13.5. The fourth-order valence-corrected chi connectivity index (χ4v) is 4.03. The van der Waals surface area contributed by atoms with Gasteiger partial charge in [0.25, 0.3) is 5.56 Å². The molecule has 0 radical (unpaired) electrons. The molecule has 2 N–H and O–H groups in total. The van der Waals surface area contributed by atoms with Gasteiger partial charge in [-0.3, -0.25) is 14.3 Å². The molecule has 9 nitrogen and oxygen atoms in total. The van der Waals surface area contributed by atoms with E-state index in [1.54, 1.807) is 36.8 Å². The minimum atomic E-state index is -1.17. The number of halogens is 1. The van der Waals surface area contributed by atoms with Gasteiger partial charge in [0.15, 0.2) is 5.16 Å². The van der Waals surface area contributed by atoms with E-state index in [-0.39, 0.29) is 18.6 Å². The molecule has 0 fully saturated rings. The molecule has 1 aromatic carbocycles. The van der Waals surface area contributed by atoms with Crippen LogP contribution in [0.15, 0.2) is 52.8 Å². The summed E-state index contributed by atoms with van der Waals surface area (Å²) in [6.07, 6.45) is 5.63. The van der Waals surface area contributed by atoms with E-state index < -0.39 is 6.09 Å². The van der Waals surface area contributed by atoms with Gasteiger partial charge in [-0.05, 0) is 25.3 Å². The predicted molar refractivity (Wildman–Crippen MR) is 128 cm³/mol. The van der Waals surface area contributed by atoms with E-state index in [0.717, 1.165) is 11.3 Å². The number of aromatic nitrogens is 5. The molecule has 0 aliphatic rings. The van der Waals surface area contributed by atoms with Gasteiger partial charge in [-0.1, -0.05) is 35.5 Å². The number of carboxylic acid groups (broad SMARTS) is 1. The summed E-state index contributed by atoms with van der Waals surface area (Å²) in [6.45, 7) is 2.01. The molecule has 3 heterocycles. The Morgan fingerprint density at radius 1 is 1.18 bits per heavy atom. The molecule has 4 rings (SSSR count). The highest BCUT2D eigenvalue weighted by Crippen LogP contribution is 2.31. The summed E-state index contributed by atoms with van der Waals surface area (Å²) in [4.78, 5) is 41.7. The maximum atomic E-state index is 13.5. The number of rotatable bonds is 6. The summed E-state index contributed by atoms with van der Waals surface area (Å²) in [5.74, 6) is 0. The molecule has 168 valence electrons. The summed E-state index contributed by atoms with van der Waals surface area (Å²) in [5, 5.41) is 12.7. The second kappa shape index (κ2) is 9.55. The summed E-state index contributed by atoms with van der Waals surface area (Å²) in [6, 6.07) is 7.04. The molecule has 0 saturated heterocycles. The number of carbonyl (C=O) groups is 1. The number of fused-ring (bicyclic) bond motifs is 1. The Bertz CT molecular complexity index is 1430. The summed E-state index contributed by atoms with van der Waals surface area (Å²) in [5.41, 5.74) is 3.25. The SMILES string of the molecule is CSc1ncc2cc(-c3ccc(-c4cncc(C)n4)cc3Cl)c(=O)n(CCNC(=O)O)c2n1. The number of thioether (sulfide) groups is 1. The zero-order valence-electron chi connectivity index (χ0n) is 17.7. The summed E-state index contributed by atoms with van der Waals surface area (Å²) < 4.78 is 1.44. The van der Waals surface area contributed by atoms with Crippen molar-refractivity contribution in [2.45, 2.75) is 18.6 Å². The molecule has 0 aliphatic heterocycles. The highest BCUT2D eigenvalue weighted by Gasteiger charge is 2.16. The van der Waals surface area contributed by atoms with Crippen molar-refractivity contribution in [2.24, 2.45) is 0 Å². The zero-order chi connectivity index (χ0) is 23.5. The first kappa shape index (κ1) is 22.7. The lowest BCUT2D eigenvalue weighted by atomic mass is 10.0. The quantitative estimate of drug-likeness (QED) is 0.313. The molecule has 0 atom stereocenters. The smallest absolute Gasteiger partial charge is 0.404 e. The Kier molecular flexibility index (Phi) is 6.57. The standard InChI is InChI=1S/C22H19ClN6O3S/c1-12-9-24-11-18(27-12)13-3-4-15(17(23)8-13)16-7-14-10-26-21(33-2)28-19(14)29(20(16)30)6-5-25-22(31)32/h3-4,7-11,25H,5-6H2,1-2H3,(H,31,32). The number of aryl methyl sites for hydroxylation is 1. The molecule has 0 bridgehead atoms. The van der Waals surface area contributed by atoms with Gasteiger partial charge in [-0.15, -0.1) is 0 Å². The second-order valence-electron chi connectivity index (χ2n) is 7.12. The lowest BCUT2D eigenvalue weighted by molar-refractivity contribution is 0.194. The van der Waals surface area contributed by atoms with Crippen LogP contribution >= 0.6 is 23.4 Å². The average molecular weight is 483 g/mol. The first-order valence-corrected chi connectivity index (χ1v) is 11.5. The highest BCUT2D eigenvalue weighted by molar-refractivity contribution is 7.98. The molecular formula is C22H19ClN6O3S. The van der Waals surface area contributed by atoms with Crippen LogP contribution in [0.2, 0.25) is 5.02 Å². The van der Waals surface area contributed by atoms with Gasteiger partial charge in [0.05, 0.1) is 17.6 Å². The van der Waals surface area contributed by atoms with Crippen molar-refractivity contribution >= 4 is 40.5 Å². The van der Waals surface area contributed by atoms with Gasteiger partial charge in [-0.25, -0.2) is 19.7 Å². The van der Waals surface area contributed by atoms with E-state index >= 15 is 0 Å². The molecule has 33 heavy (non-hydrogen) atoms. The molecule has 0 spiro atoms. The Morgan fingerprint density at radius 3 is 2.70 bits per heavy atom. The normalized spacial score (nSPS) is 11.0. The van der Waals surface area contributed by atoms with Gasteiger partial charge in [0.1, 0.15) is 5.65 Å². The van der Waals surface area contributed by atoms with E-state index in [4.69, 9.17) is 16.7 Å². The van der Waals surface area contributed by atoms with Gasteiger partial charge in [0, 0.05) is 52.6 Å². The van der Waals surface area contributed by atoms with Gasteiger partial charge in [-0.2, -0.15) is 0 Å². The lowest BCUT2D eigenvalue weighted by Crippen LogP contribution is -2.31. The Morgan fingerprint density at radius 2 is 2.00 bits per heavy atom. The number of benzene rings is 1. The topological polar surface area (TPSA) is 123 Å². The Balaban J connectivity index is 1.84. The van der Waals surface area contributed by atoms with Crippen LogP contribution in [0.4, 0.5) is 4.79 Å². The van der Waals surface area contributed by atoms with E-state index in [9.17, 15) is 9.59 Å². The number of nitrogens with zero attached hydrogens (tertiary/aromatic N) is 5. The minimum Gasteiger partial charge on any atom is -0.465 e. The van der Waals surface area contributed by atoms with Crippen LogP contribution < -0.4 is 10.9 Å². The van der Waals surface area contributed by atoms with Crippen molar-refractivity contribution in [1.82, 2.24) is 29.8 Å². The monoisotopic (exact) mass is 482 g/mol. The third-order valence-electron chi connectivity index (χ3n) is 4.91. The predicted octanol–water partition coefficient (Wildman–Crippen LogP) is 3.87. The first-order chi connectivity index (χ1) is 15.9. The maximum Gasteiger partial charge on any atom is 0.404 e. The van der Waals surface area contributed by atoms with Crippen LogP contribution in [0.1, 0.15) is 5.69 Å². The number of hydrogen-bond donors (Lipinski definition) is 2. The lowest BCUT2D eigenvalue weighted by Gasteiger charge is -2.14. The molecule has 11 heteroatoms. The molecular weight excluding hydrogens is 464 g/mol. The molecule has 0 saturated carbocycles. The van der Waals surface area contributed by atoms with Crippen LogP contribution in [-0.2, 0) is 6.54 Å². The van der Waals surface area contributed by atoms with Crippen LogP contribution in [-0.4, -0.2) is 48.5 Å². The number of hydrogen-bond acceptors (Lipinski definition) is 7. The van der Waals surface area contributed by atoms with E-state index in [1.165, 1.54) is 16.3 Å². The van der Waals surface area contributed by atoms with E-state index in [1.807, 2.05) is 19.2 Å². The van der Waals surface area contributed by atoms with Crippen LogP contribution in [0.5, 0.6) is 0 Å². The Labute approximate surface area is 197 Å². The largest absolute Gasteiger partial charge is 0.465 e. The zero-order valence-corrected chi connectivity index (χ0v) is 19.3.